The predicted octanol–water partition coefficient (Wildman–Crippen LogP) is 1.23. The predicted molar refractivity (Wildman–Crippen MR) is 96.0 cm³/mol. The molecule has 0 spiro atoms. The first-order chi connectivity index (χ1) is 12.4. The number of hydrogen-bond acceptors (Lipinski definition) is 5. The van der Waals surface area contributed by atoms with Gasteiger partial charge in [-0.3, -0.25) is 9.69 Å². The van der Waals surface area contributed by atoms with E-state index in [1.165, 1.54) is 12.1 Å². The molecule has 8 heteroatoms. The van der Waals surface area contributed by atoms with Crippen molar-refractivity contribution in [3.63, 3.8) is 0 Å². The van der Waals surface area contributed by atoms with Gasteiger partial charge in [0.15, 0.2) is 9.84 Å². The van der Waals surface area contributed by atoms with E-state index in [0.29, 0.717) is 32.7 Å². The Kier molecular flexibility index (Phi) is 5.94. The number of carbonyl (C=O) groups excluding carboxylic acids is 1. The number of ether oxygens (including phenoxy) is 1. The van der Waals surface area contributed by atoms with Crippen molar-refractivity contribution in [1.29, 1.82) is 0 Å². The Hall–Kier alpha value is -1.51. The SMILES string of the molecule is CCN(C(=O)CN1CCOC(c2cccc(F)c2)C1)C1CCS(=O)(=O)C1. The molecular formula is C18H25FN2O4S. The van der Waals surface area contributed by atoms with E-state index >= 15 is 0 Å². The molecule has 2 aliphatic heterocycles. The zero-order valence-corrected chi connectivity index (χ0v) is 15.8. The quantitative estimate of drug-likeness (QED) is 0.764. The van der Waals surface area contributed by atoms with Gasteiger partial charge in [0.05, 0.1) is 30.8 Å². The molecule has 2 aliphatic rings. The number of likely N-dealkylation sites (N-methyl/N-ethyl adjacent to an activating group) is 1. The van der Waals surface area contributed by atoms with Crippen LogP contribution in [0, 0.1) is 5.82 Å². The second-order valence-electron chi connectivity index (χ2n) is 6.89. The highest BCUT2D eigenvalue weighted by molar-refractivity contribution is 7.91. The van der Waals surface area contributed by atoms with Crippen molar-refractivity contribution in [1.82, 2.24) is 9.80 Å². The van der Waals surface area contributed by atoms with Crippen LogP contribution in [0.3, 0.4) is 0 Å². The van der Waals surface area contributed by atoms with Gasteiger partial charge in [-0.1, -0.05) is 12.1 Å². The minimum Gasteiger partial charge on any atom is -0.371 e. The van der Waals surface area contributed by atoms with Crippen molar-refractivity contribution < 1.29 is 22.3 Å². The highest BCUT2D eigenvalue weighted by atomic mass is 32.2. The van der Waals surface area contributed by atoms with Crippen molar-refractivity contribution in [2.75, 3.05) is 44.3 Å². The molecule has 0 aromatic heterocycles. The maximum absolute atomic E-state index is 13.4. The fourth-order valence-corrected chi connectivity index (χ4v) is 5.43. The lowest BCUT2D eigenvalue weighted by molar-refractivity contribution is -0.136. The number of sulfone groups is 1. The first-order valence-corrected chi connectivity index (χ1v) is 10.8. The molecule has 2 fully saturated rings. The Balaban J connectivity index is 1.61. The third-order valence-corrected chi connectivity index (χ3v) is 6.79. The third kappa shape index (κ3) is 4.61. The average Bonchev–Trinajstić information content (AvgIpc) is 2.95. The summed E-state index contributed by atoms with van der Waals surface area (Å²) < 4.78 is 42.6. The smallest absolute Gasteiger partial charge is 0.237 e. The van der Waals surface area contributed by atoms with Gasteiger partial charge >= 0.3 is 0 Å². The molecule has 0 N–H and O–H groups in total. The Bertz CT molecular complexity index is 755. The highest BCUT2D eigenvalue weighted by Gasteiger charge is 2.34. The standard InChI is InChI=1S/C18H25FN2O4S/c1-2-21(16-6-9-26(23,24)13-16)18(22)12-20-7-8-25-17(11-20)14-4-3-5-15(19)10-14/h3-5,10,16-17H,2,6-9,11-13H2,1H3. The minimum absolute atomic E-state index is 0.0572. The van der Waals surface area contributed by atoms with E-state index in [0.717, 1.165) is 5.56 Å². The summed E-state index contributed by atoms with van der Waals surface area (Å²) in [7, 11) is -3.03. The molecule has 0 saturated carbocycles. The molecule has 6 nitrogen and oxygen atoms in total. The van der Waals surface area contributed by atoms with Gasteiger partial charge in [0, 0.05) is 25.7 Å². The van der Waals surface area contributed by atoms with Crippen molar-refractivity contribution in [2.45, 2.75) is 25.5 Å². The monoisotopic (exact) mass is 384 g/mol. The maximum atomic E-state index is 13.4. The Morgan fingerprint density at radius 3 is 2.88 bits per heavy atom. The van der Waals surface area contributed by atoms with Crippen LogP contribution in [0.1, 0.15) is 25.0 Å². The second kappa shape index (κ2) is 8.02. The summed E-state index contributed by atoms with van der Waals surface area (Å²) in [6.45, 7) is 4.19. The van der Waals surface area contributed by atoms with Gasteiger partial charge in [-0.2, -0.15) is 0 Å². The molecule has 1 amide bonds. The van der Waals surface area contributed by atoms with E-state index < -0.39 is 9.84 Å². The third-order valence-electron chi connectivity index (χ3n) is 5.04. The molecule has 3 rings (SSSR count). The van der Waals surface area contributed by atoms with Crippen LogP contribution >= 0.6 is 0 Å². The van der Waals surface area contributed by atoms with E-state index in [9.17, 15) is 17.6 Å². The normalized spacial score (nSPS) is 25.9. The van der Waals surface area contributed by atoms with Crippen LogP contribution in [0.4, 0.5) is 4.39 Å². The molecule has 0 bridgehead atoms. The van der Waals surface area contributed by atoms with E-state index in [-0.39, 0.29) is 41.9 Å². The molecule has 2 unspecified atom stereocenters. The minimum atomic E-state index is -3.03. The number of rotatable bonds is 5. The van der Waals surface area contributed by atoms with Crippen LogP contribution in [0.5, 0.6) is 0 Å². The van der Waals surface area contributed by atoms with Crippen LogP contribution in [0.25, 0.3) is 0 Å². The number of amides is 1. The van der Waals surface area contributed by atoms with Crippen LogP contribution in [-0.4, -0.2) is 74.5 Å². The van der Waals surface area contributed by atoms with E-state index in [1.54, 1.807) is 11.0 Å². The second-order valence-corrected chi connectivity index (χ2v) is 9.11. The Morgan fingerprint density at radius 1 is 1.42 bits per heavy atom. The van der Waals surface area contributed by atoms with Gasteiger partial charge in [0.25, 0.3) is 0 Å². The molecule has 2 atom stereocenters. The summed E-state index contributed by atoms with van der Waals surface area (Å²) in [6.07, 6.45) is 0.242. The lowest BCUT2D eigenvalue weighted by Crippen LogP contribution is -2.49. The molecule has 2 heterocycles. The zero-order chi connectivity index (χ0) is 18.7. The van der Waals surface area contributed by atoms with Crippen molar-refractivity contribution >= 4 is 15.7 Å². The summed E-state index contributed by atoms with van der Waals surface area (Å²) in [5, 5.41) is 0. The summed E-state index contributed by atoms with van der Waals surface area (Å²) in [5.74, 6) is -0.157. The van der Waals surface area contributed by atoms with E-state index in [2.05, 4.69) is 0 Å². The van der Waals surface area contributed by atoms with Crippen LogP contribution in [-0.2, 0) is 19.4 Å². The van der Waals surface area contributed by atoms with Crippen LogP contribution in [0.15, 0.2) is 24.3 Å². The topological polar surface area (TPSA) is 66.9 Å². The van der Waals surface area contributed by atoms with Crippen LogP contribution < -0.4 is 0 Å². The molecule has 144 valence electrons. The number of hydrogen-bond donors (Lipinski definition) is 0. The summed E-state index contributed by atoms with van der Waals surface area (Å²) in [6, 6.07) is 6.09. The molecule has 0 radical (unpaired) electrons. The number of nitrogens with zero attached hydrogens (tertiary/aromatic N) is 2. The highest BCUT2D eigenvalue weighted by Crippen LogP contribution is 2.23. The molecule has 26 heavy (non-hydrogen) atoms. The fourth-order valence-electron chi connectivity index (χ4n) is 3.70. The summed E-state index contributed by atoms with van der Waals surface area (Å²) in [5.41, 5.74) is 0.761. The number of benzene rings is 1. The Labute approximate surface area is 153 Å². The molecular weight excluding hydrogens is 359 g/mol. The molecule has 1 aromatic carbocycles. The van der Waals surface area contributed by atoms with Gasteiger partial charge in [-0.25, -0.2) is 12.8 Å². The number of halogens is 1. The number of morpholine rings is 1. The fraction of sp³-hybridized carbons (Fsp3) is 0.611. The van der Waals surface area contributed by atoms with Crippen molar-refractivity contribution in [3.8, 4) is 0 Å². The van der Waals surface area contributed by atoms with Gasteiger partial charge in [0.1, 0.15) is 5.82 Å². The van der Waals surface area contributed by atoms with E-state index in [1.807, 2.05) is 17.9 Å². The zero-order valence-electron chi connectivity index (χ0n) is 14.9. The first kappa shape index (κ1) is 19.3. The summed E-state index contributed by atoms with van der Waals surface area (Å²) >= 11 is 0. The van der Waals surface area contributed by atoms with Gasteiger partial charge in [0.2, 0.25) is 5.91 Å². The maximum Gasteiger partial charge on any atom is 0.237 e. The van der Waals surface area contributed by atoms with Gasteiger partial charge < -0.3 is 9.64 Å². The molecule has 2 saturated heterocycles. The van der Waals surface area contributed by atoms with Crippen LogP contribution in [0.2, 0.25) is 0 Å². The number of carbonyl (C=O) groups is 1. The van der Waals surface area contributed by atoms with Gasteiger partial charge in [-0.15, -0.1) is 0 Å². The van der Waals surface area contributed by atoms with Crippen molar-refractivity contribution in [2.24, 2.45) is 0 Å². The Morgan fingerprint density at radius 2 is 2.23 bits per heavy atom. The molecule has 1 aromatic rings. The average molecular weight is 384 g/mol. The van der Waals surface area contributed by atoms with E-state index in [4.69, 9.17) is 4.74 Å². The molecule has 0 aliphatic carbocycles. The lowest BCUT2D eigenvalue weighted by atomic mass is 10.1. The lowest BCUT2D eigenvalue weighted by Gasteiger charge is -2.35. The first-order valence-electron chi connectivity index (χ1n) is 8.97. The summed E-state index contributed by atoms with van der Waals surface area (Å²) in [4.78, 5) is 16.4. The van der Waals surface area contributed by atoms with Gasteiger partial charge in [-0.05, 0) is 31.0 Å². The largest absolute Gasteiger partial charge is 0.371 e. The van der Waals surface area contributed by atoms with Crippen molar-refractivity contribution in [3.05, 3.63) is 35.6 Å².